The van der Waals surface area contributed by atoms with Crippen molar-refractivity contribution in [3.05, 3.63) is 63.3 Å². The topological polar surface area (TPSA) is 102 Å². The molecule has 1 aromatic heterocycles. The number of methoxy groups -OCH3 is 2. The van der Waals surface area contributed by atoms with Gasteiger partial charge in [-0.1, -0.05) is 12.1 Å². The van der Waals surface area contributed by atoms with Crippen molar-refractivity contribution in [3.63, 3.8) is 0 Å². The number of nitrogens with zero attached hydrogens (tertiary/aromatic N) is 1. The summed E-state index contributed by atoms with van der Waals surface area (Å²) in [5.41, 5.74) is -0.278. The van der Waals surface area contributed by atoms with Crippen molar-refractivity contribution in [1.82, 2.24) is 9.55 Å². The molecule has 26 heavy (non-hydrogen) atoms. The van der Waals surface area contributed by atoms with Crippen LogP contribution in [-0.2, 0) is 11.3 Å². The zero-order valence-electron chi connectivity index (χ0n) is 14.2. The molecule has 1 amide bonds. The highest BCUT2D eigenvalue weighted by molar-refractivity contribution is 5.91. The normalized spacial score (nSPS) is 10.5. The first-order valence-corrected chi connectivity index (χ1v) is 7.77. The van der Waals surface area contributed by atoms with Gasteiger partial charge >= 0.3 is 5.69 Å². The number of fused-ring (bicyclic) bond motifs is 1. The molecule has 134 valence electrons. The fourth-order valence-electron chi connectivity index (χ4n) is 2.60. The zero-order valence-corrected chi connectivity index (χ0v) is 14.2. The van der Waals surface area contributed by atoms with E-state index < -0.39 is 23.7 Å². The molecular formula is C18H17N3O5. The minimum Gasteiger partial charge on any atom is -0.493 e. The number of benzene rings is 2. The van der Waals surface area contributed by atoms with E-state index in [-0.39, 0.29) is 0 Å². The second kappa shape index (κ2) is 7.14. The van der Waals surface area contributed by atoms with Crippen LogP contribution in [0.5, 0.6) is 11.5 Å². The summed E-state index contributed by atoms with van der Waals surface area (Å²) in [6.45, 7) is -0.409. The molecule has 3 aromatic rings. The van der Waals surface area contributed by atoms with E-state index in [0.717, 1.165) is 4.57 Å². The Balaban J connectivity index is 1.86. The molecule has 3 rings (SSSR count). The Morgan fingerprint density at radius 2 is 1.81 bits per heavy atom. The Labute approximate surface area is 148 Å². The number of H-pyrrole nitrogens is 1. The van der Waals surface area contributed by atoms with Gasteiger partial charge in [-0.3, -0.25) is 14.2 Å². The van der Waals surface area contributed by atoms with Crippen LogP contribution in [0.1, 0.15) is 0 Å². The lowest BCUT2D eigenvalue weighted by Gasteiger charge is -2.11. The largest absolute Gasteiger partial charge is 0.493 e. The number of amides is 1. The summed E-state index contributed by atoms with van der Waals surface area (Å²) in [5, 5.41) is 2.97. The van der Waals surface area contributed by atoms with Gasteiger partial charge in [0.05, 0.1) is 25.1 Å². The van der Waals surface area contributed by atoms with Crippen LogP contribution in [0.2, 0.25) is 0 Å². The van der Waals surface area contributed by atoms with Gasteiger partial charge in [-0.15, -0.1) is 0 Å². The molecule has 2 N–H and O–H groups in total. The van der Waals surface area contributed by atoms with Crippen LogP contribution in [-0.4, -0.2) is 29.7 Å². The van der Waals surface area contributed by atoms with E-state index in [4.69, 9.17) is 9.47 Å². The average molecular weight is 355 g/mol. The second-order valence-electron chi connectivity index (χ2n) is 5.48. The van der Waals surface area contributed by atoms with Crippen molar-refractivity contribution >= 4 is 22.5 Å². The lowest BCUT2D eigenvalue weighted by Crippen LogP contribution is -2.38. The van der Waals surface area contributed by atoms with Crippen LogP contribution in [0, 0.1) is 0 Å². The van der Waals surface area contributed by atoms with E-state index in [1.807, 2.05) is 0 Å². The van der Waals surface area contributed by atoms with E-state index in [2.05, 4.69) is 10.3 Å². The SMILES string of the molecule is COc1ccc(NC(=O)Cn2c(=O)[nH]c3ccccc3c2=O)cc1OC. The minimum atomic E-state index is -0.642. The molecule has 8 nitrogen and oxygen atoms in total. The van der Waals surface area contributed by atoms with Gasteiger partial charge in [0.1, 0.15) is 6.54 Å². The van der Waals surface area contributed by atoms with Crippen LogP contribution < -0.4 is 26.0 Å². The Kier molecular flexibility index (Phi) is 4.74. The predicted octanol–water partition coefficient (Wildman–Crippen LogP) is 1.35. The smallest absolute Gasteiger partial charge is 0.329 e. The molecule has 0 spiro atoms. The first-order chi connectivity index (χ1) is 12.5. The van der Waals surface area contributed by atoms with Crippen LogP contribution in [0.15, 0.2) is 52.1 Å². The van der Waals surface area contributed by atoms with Gasteiger partial charge in [-0.2, -0.15) is 0 Å². The maximum Gasteiger partial charge on any atom is 0.329 e. The number of nitrogens with one attached hydrogen (secondary N) is 2. The van der Waals surface area contributed by atoms with Crippen molar-refractivity contribution in [2.45, 2.75) is 6.54 Å². The Morgan fingerprint density at radius 3 is 2.54 bits per heavy atom. The van der Waals surface area contributed by atoms with Crippen LogP contribution in [0.3, 0.4) is 0 Å². The molecular weight excluding hydrogens is 338 g/mol. The highest BCUT2D eigenvalue weighted by Crippen LogP contribution is 2.29. The van der Waals surface area contributed by atoms with Crippen molar-refractivity contribution in [2.75, 3.05) is 19.5 Å². The van der Waals surface area contributed by atoms with Crippen LogP contribution in [0.25, 0.3) is 10.9 Å². The first kappa shape index (κ1) is 17.3. The molecule has 0 atom stereocenters. The van der Waals surface area contributed by atoms with Gasteiger partial charge in [0.25, 0.3) is 5.56 Å². The molecule has 0 aliphatic carbocycles. The van der Waals surface area contributed by atoms with E-state index in [9.17, 15) is 14.4 Å². The van der Waals surface area contributed by atoms with E-state index in [0.29, 0.717) is 28.1 Å². The van der Waals surface area contributed by atoms with E-state index >= 15 is 0 Å². The molecule has 0 bridgehead atoms. The fraction of sp³-hybridized carbons (Fsp3) is 0.167. The maximum atomic E-state index is 12.4. The molecule has 0 unspecified atom stereocenters. The Hall–Kier alpha value is -3.55. The summed E-state index contributed by atoms with van der Waals surface area (Å²) >= 11 is 0. The summed E-state index contributed by atoms with van der Waals surface area (Å²) < 4.78 is 11.2. The Morgan fingerprint density at radius 1 is 1.08 bits per heavy atom. The van der Waals surface area contributed by atoms with Gasteiger partial charge in [0, 0.05) is 11.8 Å². The third-order valence-corrected chi connectivity index (χ3v) is 3.86. The Bertz CT molecular complexity index is 1080. The van der Waals surface area contributed by atoms with Crippen molar-refractivity contribution in [3.8, 4) is 11.5 Å². The summed E-state index contributed by atoms with van der Waals surface area (Å²) in [6, 6.07) is 11.5. The lowest BCUT2D eigenvalue weighted by molar-refractivity contribution is -0.116. The molecule has 0 fully saturated rings. The van der Waals surface area contributed by atoms with Crippen LogP contribution in [0.4, 0.5) is 5.69 Å². The molecule has 0 saturated heterocycles. The van der Waals surface area contributed by atoms with Gasteiger partial charge < -0.3 is 19.8 Å². The second-order valence-corrected chi connectivity index (χ2v) is 5.48. The van der Waals surface area contributed by atoms with Gasteiger partial charge in [0.2, 0.25) is 5.91 Å². The van der Waals surface area contributed by atoms with Gasteiger partial charge in [0.15, 0.2) is 11.5 Å². The van der Waals surface area contributed by atoms with E-state index in [1.54, 1.807) is 42.5 Å². The standard InChI is InChI=1S/C18H17N3O5/c1-25-14-8-7-11(9-15(14)26-2)19-16(22)10-21-17(23)12-5-3-4-6-13(12)20-18(21)24/h3-9H,10H2,1-2H3,(H,19,22)(H,20,24). The minimum absolute atomic E-state index is 0.339. The third-order valence-electron chi connectivity index (χ3n) is 3.86. The van der Waals surface area contributed by atoms with Crippen molar-refractivity contribution in [2.24, 2.45) is 0 Å². The number of carbonyl (C=O) groups is 1. The predicted molar refractivity (Wildman–Crippen MR) is 97.0 cm³/mol. The third kappa shape index (κ3) is 3.30. The molecule has 1 heterocycles. The number of rotatable bonds is 5. The molecule has 2 aromatic carbocycles. The van der Waals surface area contributed by atoms with Gasteiger partial charge in [-0.05, 0) is 24.3 Å². The summed E-state index contributed by atoms with van der Waals surface area (Å²) in [4.78, 5) is 39.4. The summed E-state index contributed by atoms with van der Waals surface area (Å²) in [7, 11) is 2.99. The number of aromatic amines is 1. The quantitative estimate of drug-likeness (QED) is 0.719. The first-order valence-electron chi connectivity index (χ1n) is 7.77. The molecule has 0 saturated carbocycles. The monoisotopic (exact) mass is 355 g/mol. The van der Waals surface area contributed by atoms with Crippen molar-refractivity contribution < 1.29 is 14.3 Å². The number of ether oxygens (including phenoxy) is 2. The fourth-order valence-corrected chi connectivity index (χ4v) is 2.60. The highest BCUT2D eigenvalue weighted by atomic mass is 16.5. The average Bonchev–Trinajstić information content (AvgIpc) is 2.65. The number of hydrogen-bond acceptors (Lipinski definition) is 5. The van der Waals surface area contributed by atoms with Gasteiger partial charge in [-0.25, -0.2) is 4.79 Å². The maximum absolute atomic E-state index is 12.4. The van der Waals surface area contributed by atoms with Crippen molar-refractivity contribution in [1.29, 1.82) is 0 Å². The summed E-state index contributed by atoms with van der Waals surface area (Å²) in [5.74, 6) is 0.457. The highest BCUT2D eigenvalue weighted by Gasteiger charge is 2.12. The summed E-state index contributed by atoms with van der Waals surface area (Å²) in [6.07, 6.45) is 0. The molecule has 0 radical (unpaired) electrons. The van der Waals surface area contributed by atoms with Crippen LogP contribution >= 0.6 is 0 Å². The number of carbonyl (C=O) groups excluding carboxylic acids is 1. The zero-order chi connectivity index (χ0) is 18.7. The van der Waals surface area contributed by atoms with E-state index in [1.165, 1.54) is 14.2 Å². The molecule has 0 aliphatic heterocycles. The number of hydrogen-bond donors (Lipinski definition) is 2. The number of anilines is 1. The number of para-hydroxylation sites is 1. The molecule has 0 aliphatic rings. The lowest BCUT2D eigenvalue weighted by atomic mass is 10.2. The molecule has 8 heteroatoms. The number of aromatic nitrogens is 2.